The Labute approximate surface area is 404 Å². The molecular weight excluding hydrogens is 897 g/mol. The van der Waals surface area contributed by atoms with Crippen LogP contribution >= 0.6 is 11.3 Å². The highest BCUT2D eigenvalue weighted by Crippen LogP contribution is 2.37. The Balaban J connectivity index is 0.675. The molecular formula is C50H58N12O6S. The number of carbonyl (C=O) groups excluding carboxylic acids is 2. The Hall–Kier alpha value is -6.70. The molecule has 18 nitrogen and oxygen atoms in total. The fraction of sp³-hybridized carbons (Fsp3) is 0.440. The van der Waals surface area contributed by atoms with E-state index >= 15 is 0 Å². The summed E-state index contributed by atoms with van der Waals surface area (Å²) in [7, 11) is 0. The number of phenols is 1. The Morgan fingerprint density at radius 3 is 2.54 bits per heavy atom. The second-order valence-electron chi connectivity index (χ2n) is 18.8. The summed E-state index contributed by atoms with van der Waals surface area (Å²) >= 11 is 1.59. The van der Waals surface area contributed by atoms with Crippen molar-refractivity contribution >= 4 is 40.6 Å². The monoisotopic (exact) mass is 954 g/mol. The van der Waals surface area contributed by atoms with Crippen LogP contribution in [0, 0.1) is 12.8 Å². The van der Waals surface area contributed by atoms with E-state index < -0.39 is 18.1 Å². The first-order valence-electron chi connectivity index (χ1n) is 23.9. The predicted octanol–water partition coefficient (Wildman–Crippen LogP) is 5.46. The molecule has 0 spiro atoms. The number of hydrogen-bond donors (Lipinski definition) is 4. The molecule has 1 unspecified atom stereocenters. The Kier molecular flexibility index (Phi) is 13.4. The topological polar surface area (TPSA) is 211 Å². The number of phenolic OH excluding ortho intramolecular Hbond substituents is 1. The van der Waals surface area contributed by atoms with Crippen molar-refractivity contribution in [2.45, 2.75) is 76.6 Å². The van der Waals surface area contributed by atoms with Crippen molar-refractivity contribution in [3.8, 4) is 33.3 Å². The van der Waals surface area contributed by atoms with Gasteiger partial charge in [-0.05, 0) is 84.7 Å². The summed E-state index contributed by atoms with van der Waals surface area (Å²) in [5, 5.41) is 40.5. The van der Waals surface area contributed by atoms with Gasteiger partial charge in [0.25, 0.3) is 5.88 Å². The molecule has 3 fully saturated rings. The zero-order valence-corrected chi connectivity index (χ0v) is 39.9. The van der Waals surface area contributed by atoms with Crippen LogP contribution in [0.4, 0.5) is 17.5 Å². The summed E-state index contributed by atoms with van der Waals surface area (Å²) in [6.07, 6.45) is 5.29. The van der Waals surface area contributed by atoms with Gasteiger partial charge in [-0.3, -0.25) is 14.5 Å². The first-order chi connectivity index (χ1) is 33.6. The largest absolute Gasteiger partial charge is 0.507 e. The Morgan fingerprint density at radius 2 is 1.78 bits per heavy atom. The summed E-state index contributed by atoms with van der Waals surface area (Å²) in [6.45, 7) is 12.2. The lowest BCUT2D eigenvalue weighted by atomic mass is 9.91. The molecule has 0 bridgehead atoms. The number of aromatic nitrogens is 6. The Morgan fingerprint density at radius 1 is 0.986 bits per heavy atom. The molecule has 3 saturated heterocycles. The number of benzene rings is 2. The molecule has 0 aliphatic carbocycles. The SMILES string of the molecule is Cc1ncsc1-c1ccc(CNC(=O)[C@@H]2C[C@@H](O)CN2C(=O)C(c2cc(OCCN3CCC(c4cnc(N5CCN6c7cc(-c8ccccc8O)nnc7NC[C@H]6C5)nc4)CC3)no2)C(C)C)cc1. The van der Waals surface area contributed by atoms with Gasteiger partial charge in [0.15, 0.2) is 11.6 Å². The number of likely N-dealkylation sites (tertiary alicyclic amines) is 2. The molecule has 8 heterocycles. The third-order valence-electron chi connectivity index (χ3n) is 13.9. The molecule has 69 heavy (non-hydrogen) atoms. The molecule has 4 aromatic heterocycles. The number of rotatable bonds is 14. The van der Waals surface area contributed by atoms with E-state index in [0.717, 1.165) is 96.8 Å². The number of ether oxygens (including phenoxy) is 1. The van der Waals surface area contributed by atoms with Crippen molar-refractivity contribution in [2.24, 2.45) is 5.92 Å². The second kappa shape index (κ2) is 20.1. The highest BCUT2D eigenvalue weighted by Gasteiger charge is 2.43. The lowest BCUT2D eigenvalue weighted by molar-refractivity contribution is -0.141. The lowest BCUT2D eigenvalue weighted by Crippen LogP contribution is -2.58. The number of carbonyl (C=O) groups is 2. The van der Waals surface area contributed by atoms with E-state index in [1.165, 1.54) is 4.90 Å². The number of piperidine rings is 1. The van der Waals surface area contributed by atoms with Crippen molar-refractivity contribution in [1.82, 2.24) is 45.4 Å². The summed E-state index contributed by atoms with van der Waals surface area (Å²) < 4.78 is 11.8. The number of amides is 2. The van der Waals surface area contributed by atoms with E-state index in [0.29, 0.717) is 48.5 Å². The molecule has 4 atom stereocenters. The van der Waals surface area contributed by atoms with Crippen LogP contribution in [0.5, 0.6) is 11.6 Å². The van der Waals surface area contributed by atoms with Gasteiger partial charge in [0.2, 0.25) is 17.8 Å². The molecule has 0 saturated carbocycles. The van der Waals surface area contributed by atoms with E-state index in [1.807, 2.05) is 81.1 Å². The average molecular weight is 955 g/mol. The number of piperazine rings is 1. The van der Waals surface area contributed by atoms with Gasteiger partial charge in [-0.1, -0.05) is 50.2 Å². The molecule has 4 N–H and O–H groups in total. The number of para-hydroxylation sites is 1. The first kappa shape index (κ1) is 46.1. The van der Waals surface area contributed by atoms with Crippen LogP contribution < -0.4 is 25.2 Å². The zero-order chi connectivity index (χ0) is 47.6. The zero-order valence-electron chi connectivity index (χ0n) is 39.1. The molecule has 6 aromatic rings. The summed E-state index contributed by atoms with van der Waals surface area (Å²) in [6, 6.07) is 18.2. The number of hydrogen-bond acceptors (Lipinski definition) is 17. The molecule has 10 rings (SSSR count). The molecule has 2 amide bonds. The van der Waals surface area contributed by atoms with Crippen LogP contribution in [0.25, 0.3) is 21.7 Å². The minimum Gasteiger partial charge on any atom is -0.507 e. The Bertz CT molecular complexity index is 2740. The number of aliphatic hydroxyl groups excluding tert-OH is 1. The molecule has 4 aliphatic rings. The van der Waals surface area contributed by atoms with E-state index in [9.17, 15) is 19.8 Å². The van der Waals surface area contributed by atoms with Crippen LogP contribution in [0.15, 0.2) is 83.1 Å². The first-order valence-corrected chi connectivity index (χ1v) is 24.7. The van der Waals surface area contributed by atoms with Crippen molar-refractivity contribution in [2.75, 3.05) is 74.1 Å². The van der Waals surface area contributed by atoms with Gasteiger partial charge in [-0.15, -0.1) is 21.5 Å². The van der Waals surface area contributed by atoms with Crippen molar-refractivity contribution < 1.29 is 29.1 Å². The van der Waals surface area contributed by atoms with E-state index in [4.69, 9.17) is 19.2 Å². The summed E-state index contributed by atoms with van der Waals surface area (Å²) in [5.74, 6) is 1.23. The molecule has 2 aromatic carbocycles. The number of fused-ring (bicyclic) bond motifs is 3. The predicted molar refractivity (Wildman–Crippen MR) is 261 cm³/mol. The number of thiazole rings is 1. The number of aryl methyl sites for hydroxylation is 1. The number of β-amino-alcohol motifs (C(OH)–C–C–N with tert-alkyl or cyclic N) is 1. The normalized spacial score (nSPS) is 20.1. The van der Waals surface area contributed by atoms with Crippen LogP contribution in [-0.2, 0) is 16.1 Å². The van der Waals surface area contributed by atoms with Crippen LogP contribution in [-0.4, -0.2) is 139 Å². The molecule has 0 radical (unpaired) electrons. The number of nitrogens with one attached hydrogen (secondary N) is 2. The van der Waals surface area contributed by atoms with Gasteiger partial charge in [-0.25, -0.2) is 15.0 Å². The number of nitrogens with zero attached hydrogens (tertiary/aromatic N) is 10. The smallest absolute Gasteiger partial charge is 0.254 e. The molecule has 4 aliphatic heterocycles. The van der Waals surface area contributed by atoms with Crippen molar-refractivity contribution in [3.63, 3.8) is 0 Å². The summed E-state index contributed by atoms with van der Waals surface area (Å²) in [4.78, 5) is 51.3. The number of anilines is 3. The maximum Gasteiger partial charge on any atom is 0.254 e. The van der Waals surface area contributed by atoms with E-state index in [-0.39, 0.29) is 42.5 Å². The van der Waals surface area contributed by atoms with Gasteiger partial charge in [0.05, 0.1) is 39.6 Å². The highest BCUT2D eigenvalue weighted by molar-refractivity contribution is 7.13. The fourth-order valence-corrected chi connectivity index (χ4v) is 10.9. The molecule has 360 valence electrons. The van der Waals surface area contributed by atoms with Gasteiger partial charge in [0.1, 0.15) is 24.3 Å². The maximum absolute atomic E-state index is 14.2. The van der Waals surface area contributed by atoms with E-state index in [2.05, 4.69) is 45.7 Å². The van der Waals surface area contributed by atoms with Gasteiger partial charge in [0, 0.05) is 76.3 Å². The number of aliphatic hydroxyl groups is 1. The van der Waals surface area contributed by atoms with Crippen molar-refractivity contribution in [1.29, 1.82) is 0 Å². The highest BCUT2D eigenvalue weighted by atomic mass is 32.1. The average Bonchev–Trinajstić information content (AvgIpc) is 4.13. The van der Waals surface area contributed by atoms with Crippen LogP contribution in [0.3, 0.4) is 0 Å². The third-order valence-corrected chi connectivity index (χ3v) is 14.9. The quantitative estimate of drug-likeness (QED) is 0.107. The maximum atomic E-state index is 14.2. The third kappa shape index (κ3) is 9.93. The van der Waals surface area contributed by atoms with Gasteiger partial charge >= 0.3 is 0 Å². The standard InChI is InChI=1S/C50H58N12O6S/c1-30(2)45(49(66)62-28-37(63)20-41(62)48(65)52-23-32-8-10-34(11-9-32)46-31(3)55-29-69-46)43-22-44(58-68-43)67-19-18-59-14-12-33(13-15-59)35-24-53-50(54-25-35)60-16-17-61-36(27-60)26-51-47-40(61)21-39(56-57-47)38-6-4-5-7-42(38)64/h4-11,21-22,24-25,29-30,33,36-37,41,45,63-64H,12-20,23,26-28H2,1-3H3,(H,51,57)(H,52,65)/t36-,37+,41-,45?/m0/s1. The fourth-order valence-electron chi connectivity index (χ4n) is 10.1. The van der Waals surface area contributed by atoms with Gasteiger partial charge < -0.3 is 44.8 Å². The van der Waals surface area contributed by atoms with Crippen LogP contribution in [0.2, 0.25) is 0 Å². The minimum atomic E-state index is -0.815. The summed E-state index contributed by atoms with van der Waals surface area (Å²) in [5.41, 5.74) is 8.25. The van der Waals surface area contributed by atoms with E-state index in [1.54, 1.807) is 29.5 Å². The van der Waals surface area contributed by atoms with Crippen molar-refractivity contribution in [3.05, 3.63) is 101 Å². The second-order valence-corrected chi connectivity index (χ2v) is 19.7. The number of aromatic hydroxyl groups is 1. The molecule has 19 heteroatoms. The van der Waals surface area contributed by atoms with Gasteiger partial charge in [-0.2, -0.15) is 0 Å². The lowest BCUT2D eigenvalue weighted by Gasteiger charge is -2.45. The van der Waals surface area contributed by atoms with Crippen LogP contribution in [0.1, 0.15) is 67.5 Å². The minimum absolute atomic E-state index is 0.0599.